The maximum absolute atomic E-state index is 13.0. The van der Waals surface area contributed by atoms with E-state index in [4.69, 9.17) is 5.26 Å². The first-order valence-corrected chi connectivity index (χ1v) is 4.77. The molecular weight excluding hydrogens is 249 g/mol. The number of phenols is 1. The van der Waals surface area contributed by atoms with Crippen molar-refractivity contribution in [3.8, 4) is 11.8 Å². The first-order chi connectivity index (χ1) is 6.38. The Bertz CT molecular complexity index is 409. The van der Waals surface area contributed by atoms with Crippen LogP contribution in [0.5, 0.6) is 5.75 Å². The normalized spacial score (nSPS) is 11.1. The maximum Gasteiger partial charge on any atom is 0.141 e. The molecule has 1 aromatic carbocycles. The Hall–Kier alpha value is -1.08. The summed E-state index contributed by atoms with van der Waals surface area (Å²) >= 11 is 3.01. The first-order valence-electron chi connectivity index (χ1n) is 3.98. The van der Waals surface area contributed by atoms with Gasteiger partial charge < -0.3 is 5.11 Å². The van der Waals surface area contributed by atoms with Gasteiger partial charge in [0.1, 0.15) is 11.6 Å². The highest BCUT2D eigenvalue weighted by atomic mass is 79.9. The van der Waals surface area contributed by atoms with Crippen molar-refractivity contribution in [1.82, 2.24) is 0 Å². The minimum Gasteiger partial charge on any atom is -0.508 e. The molecule has 0 bridgehead atoms. The highest BCUT2D eigenvalue weighted by Gasteiger charge is 2.24. The van der Waals surface area contributed by atoms with Crippen molar-refractivity contribution >= 4 is 15.9 Å². The Kier molecular flexibility index (Phi) is 2.81. The molecule has 0 atom stereocenters. The lowest BCUT2D eigenvalue weighted by Gasteiger charge is -2.17. The van der Waals surface area contributed by atoms with E-state index in [1.54, 1.807) is 13.8 Å². The minimum atomic E-state index is -0.833. The summed E-state index contributed by atoms with van der Waals surface area (Å²) in [5.41, 5.74) is -0.423. The molecule has 0 saturated carbocycles. The number of aromatic hydroxyl groups is 1. The third-order valence-electron chi connectivity index (χ3n) is 1.99. The highest BCUT2D eigenvalue weighted by molar-refractivity contribution is 9.10. The summed E-state index contributed by atoms with van der Waals surface area (Å²) < 4.78 is 13.2. The molecule has 4 heteroatoms. The van der Waals surface area contributed by atoms with Crippen LogP contribution in [0.4, 0.5) is 4.39 Å². The van der Waals surface area contributed by atoms with Gasteiger partial charge in [0.15, 0.2) is 0 Å². The number of phenolic OH excluding ortho intramolecular Hbond substituents is 1. The Morgan fingerprint density at radius 2 is 2.07 bits per heavy atom. The zero-order chi connectivity index (χ0) is 10.9. The van der Waals surface area contributed by atoms with Crippen LogP contribution in [0.2, 0.25) is 0 Å². The van der Waals surface area contributed by atoms with Gasteiger partial charge in [0, 0.05) is 11.6 Å². The summed E-state index contributed by atoms with van der Waals surface area (Å²) in [5, 5.41) is 18.3. The van der Waals surface area contributed by atoms with Crippen LogP contribution in [0.3, 0.4) is 0 Å². The second-order valence-electron chi connectivity index (χ2n) is 3.52. The number of hydrogen-bond acceptors (Lipinski definition) is 2. The molecule has 74 valence electrons. The van der Waals surface area contributed by atoms with Gasteiger partial charge >= 0.3 is 0 Å². The summed E-state index contributed by atoms with van der Waals surface area (Å²) in [6.45, 7) is 3.32. The molecule has 0 spiro atoms. The topological polar surface area (TPSA) is 44.0 Å². The predicted octanol–water partition coefficient (Wildman–Crippen LogP) is 3.09. The van der Waals surface area contributed by atoms with E-state index in [0.717, 1.165) is 6.07 Å². The molecular formula is C10H9BrFNO. The van der Waals surface area contributed by atoms with E-state index in [0.29, 0.717) is 5.56 Å². The van der Waals surface area contributed by atoms with E-state index >= 15 is 0 Å². The van der Waals surface area contributed by atoms with Gasteiger partial charge in [-0.1, -0.05) is 0 Å². The summed E-state index contributed by atoms with van der Waals surface area (Å²) in [4.78, 5) is 0. The summed E-state index contributed by atoms with van der Waals surface area (Å²) in [5.74, 6) is -0.739. The second kappa shape index (κ2) is 3.58. The molecule has 0 unspecified atom stereocenters. The van der Waals surface area contributed by atoms with E-state index < -0.39 is 11.2 Å². The quantitative estimate of drug-likeness (QED) is 0.841. The van der Waals surface area contributed by atoms with Crippen LogP contribution in [-0.2, 0) is 5.41 Å². The van der Waals surface area contributed by atoms with Gasteiger partial charge in [-0.25, -0.2) is 4.39 Å². The number of nitriles is 1. The Balaban J connectivity index is 3.38. The fraction of sp³-hybridized carbons (Fsp3) is 0.300. The molecule has 1 rings (SSSR count). The molecule has 0 aliphatic carbocycles. The summed E-state index contributed by atoms with van der Waals surface area (Å²) in [6, 6.07) is 4.46. The van der Waals surface area contributed by atoms with Gasteiger partial charge in [-0.2, -0.15) is 5.26 Å². The predicted molar refractivity (Wildman–Crippen MR) is 54.4 cm³/mol. The molecule has 0 amide bonds. The van der Waals surface area contributed by atoms with Gasteiger partial charge in [0.05, 0.1) is 16.0 Å². The molecule has 14 heavy (non-hydrogen) atoms. The monoisotopic (exact) mass is 257 g/mol. The van der Waals surface area contributed by atoms with Crippen LogP contribution in [0.25, 0.3) is 0 Å². The van der Waals surface area contributed by atoms with Gasteiger partial charge in [0.25, 0.3) is 0 Å². The summed E-state index contributed by atoms with van der Waals surface area (Å²) in [7, 11) is 0. The number of hydrogen-bond donors (Lipinski definition) is 1. The van der Waals surface area contributed by atoms with Gasteiger partial charge in [0.2, 0.25) is 0 Å². The lowest BCUT2D eigenvalue weighted by atomic mass is 9.86. The third kappa shape index (κ3) is 1.88. The Morgan fingerprint density at radius 3 is 2.57 bits per heavy atom. The SMILES string of the molecule is CC(C)(C#N)c1cc(Br)c(F)cc1O. The number of benzene rings is 1. The Labute approximate surface area is 90.1 Å². The lowest BCUT2D eigenvalue weighted by Crippen LogP contribution is -2.14. The smallest absolute Gasteiger partial charge is 0.141 e. The molecule has 2 nitrogen and oxygen atoms in total. The van der Waals surface area contributed by atoms with Crippen molar-refractivity contribution in [2.24, 2.45) is 0 Å². The molecule has 1 aromatic rings. The van der Waals surface area contributed by atoms with Crippen LogP contribution >= 0.6 is 15.9 Å². The average Bonchev–Trinajstić information content (AvgIpc) is 2.11. The van der Waals surface area contributed by atoms with E-state index in [2.05, 4.69) is 15.9 Å². The number of rotatable bonds is 1. The van der Waals surface area contributed by atoms with E-state index in [1.807, 2.05) is 6.07 Å². The lowest BCUT2D eigenvalue weighted by molar-refractivity contribution is 0.450. The average molecular weight is 258 g/mol. The van der Waals surface area contributed by atoms with Crippen molar-refractivity contribution in [2.75, 3.05) is 0 Å². The zero-order valence-electron chi connectivity index (χ0n) is 7.81. The maximum atomic E-state index is 13.0. The molecule has 0 aliphatic rings. The molecule has 0 saturated heterocycles. The van der Waals surface area contributed by atoms with Gasteiger partial charge in [-0.3, -0.25) is 0 Å². The van der Waals surface area contributed by atoms with Crippen molar-refractivity contribution in [3.63, 3.8) is 0 Å². The molecule has 0 aliphatic heterocycles. The molecule has 0 heterocycles. The number of halogens is 2. The van der Waals surface area contributed by atoms with Crippen molar-refractivity contribution in [3.05, 3.63) is 28.0 Å². The van der Waals surface area contributed by atoms with Crippen LogP contribution < -0.4 is 0 Å². The van der Waals surface area contributed by atoms with Crippen molar-refractivity contribution in [1.29, 1.82) is 5.26 Å². The number of nitrogens with zero attached hydrogens (tertiary/aromatic N) is 1. The highest BCUT2D eigenvalue weighted by Crippen LogP contribution is 2.34. The summed E-state index contributed by atoms with van der Waals surface area (Å²) in [6.07, 6.45) is 0. The minimum absolute atomic E-state index is 0.197. The van der Waals surface area contributed by atoms with E-state index in [1.165, 1.54) is 6.07 Å². The largest absolute Gasteiger partial charge is 0.508 e. The zero-order valence-corrected chi connectivity index (χ0v) is 9.39. The van der Waals surface area contributed by atoms with E-state index in [9.17, 15) is 9.50 Å². The molecule has 0 radical (unpaired) electrons. The van der Waals surface area contributed by atoms with Crippen LogP contribution in [0.15, 0.2) is 16.6 Å². The fourth-order valence-electron chi connectivity index (χ4n) is 1.10. The van der Waals surface area contributed by atoms with Crippen molar-refractivity contribution in [2.45, 2.75) is 19.3 Å². The first kappa shape index (κ1) is 11.0. The van der Waals surface area contributed by atoms with Crippen LogP contribution in [0.1, 0.15) is 19.4 Å². The third-order valence-corrected chi connectivity index (χ3v) is 2.60. The van der Waals surface area contributed by atoms with Crippen LogP contribution in [-0.4, -0.2) is 5.11 Å². The second-order valence-corrected chi connectivity index (χ2v) is 4.37. The van der Waals surface area contributed by atoms with Crippen molar-refractivity contribution < 1.29 is 9.50 Å². The molecule has 1 N–H and O–H groups in total. The van der Waals surface area contributed by atoms with Gasteiger partial charge in [-0.05, 0) is 35.8 Å². The van der Waals surface area contributed by atoms with Gasteiger partial charge in [-0.15, -0.1) is 0 Å². The molecule has 0 aromatic heterocycles. The molecule has 0 fully saturated rings. The fourth-order valence-corrected chi connectivity index (χ4v) is 1.44. The van der Waals surface area contributed by atoms with E-state index in [-0.39, 0.29) is 10.2 Å². The van der Waals surface area contributed by atoms with Crippen LogP contribution in [0, 0.1) is 17.1 Å². The Morgan fingerprint density at radius 1 is 1.50 bits per heavy atom. The standard InChI is InChI=1S/C10H9BrFNO/c1-10(2,5-13)6-3-7(11)8(12)4-9(6)14/h3-4,14H,1-2H3.